The monoisotopic (exact) mass is 442 g/mol. The van der Waals surface area contributed by atoms with Gasteiger partial charge in [-0.25, -0.2) is 4.90 Å². The lowest BCUT2D eigenvalue weighted by atomic mass is 10.1. The zero-order chi connectivity index (χ0) is 20.7. The van der Waals surface area contributed by atoms with Crippen LogP contribution in [0.25, 0.3) is 5.57 Å². The second-order valence-corrected chi connectivity index (χ2v) is 8.41. The Hall–Kier alpha value is -2.60. The predicted octanol–water partition coefficient (Wildman–Crippen LogP) is 6.07. The topological polar surface area (TPSA) is 49.4 Å². The molecule has 0 spiro atoms. The van der Waals surface area contributed by atoms with E-state index in [1.807, 2.05) is 36.6 Å². The minimum atomic E-state index is -0.430. The molecule has 4 nitrogen and oxygen atoms in total. The van der Waals surface area contributed by atoms with Crippen LogP contribution < -0.4 is 10.2 Å². The molecule has 2 aromatic carbocycles. The molecule has 0 atom stereocenters. The summed E-state index contributed by atoms with van der Waals surface area (Å²) in [4.78, 5) is 28.6. The summed E-state index contributed by atoms with van der Waals surface area (Å²) in [5.41, 5.74) is 3.25. The smallest absolute Gasteiger partial charge is 0.282 e. The van der Waals surface area contributed by atoms with Crippen LogP contribution in [0.15, 0.2) is 59.6 Å². The Morgan fingerprint density at radius 2 is 1.72 bits per heavy atom. The van der Waals surface area contributed by atoms with E-state index >= 15 is 0 Å². The molecule has 29 heavy (non-hydrogen) atoms. The molecule has 0 aliphatic carbocycles. The molecule has 0 bridgehead atoms. The lowest BCUT2D eigenvalue weighted by Gasteiger charge is -2.18. The first-order valence-corrected chi connectivity index (χ1v) is 10.5. The fourth-order valence-electron chi connectivity index (χ4n) is 3.17. The molecule has 146 valence electrons. The van der Waals surface area contributed by atoms with Crippen molar-refractivity contribution in [1.29, 1.82) is 0 Å². The first kappa shape index (κ1) is 19.7. The third-order valence-electron chi connectivity index (χ3n) is 4.77. The van der Waals surface area contributed by atoms with Crippen LogP contribution in [-0.2, 0) is 9.59 Å². The van der Waals surface area contributed by atoms with Crippen molar-refractivity contribution >= 4 is 63.3 Å². The SMILES string of the molecule is Cc1ccc(NC2=C(c3cccs3)C(=O)N(c3cccc(Cl)c3C)C2=O)cc1Cl. The highest BCUT2D eigenvalue weighted by molar-refractivity contribution is 7.11. The van der Waals surface area contributed by atoms with Gasteiger partial charge in [-0.2, -0.15) is 0 Å². The van der Waals surface area contributed by atoms with Gasteiger partial charge in [-0.15, -0.1) is 11.3 Å². The standard InChI is InChI=1S/C22H16Cl2N2O2S/c1-12-8-9-14(11-16(12)24)25-20-19(18-7-4-10-29-18)21(27)26(22(20)28)17-6-3-5-15(23)13(17)2/h3-11,25H,1-2H3. The molecule has 1 aliphatic heterocycles. The van der Waals surface area contributed by atoms with Gasteiger partial charge in [0.05, 0.1) is 11.3 Å². The number of carbonyl (C=O) groups excluding carboxylic acids is 2. The van der Waals surface area contributed by atoms with Gasteiger partial charge < -0.3 is 5.32 Å². The highest BCUT2D eigenvalue weighted by atomic mass is 35.5. The minimum absolute atomic E-state index is 0.219. The Morgan fingerprint density at radius 3 is 2.41 bits per heavy atom. The maximum absolute atomic E-state index is 13.4. The summed E-state index contributed by atoms with van der Waals surface area (Å²) in [5, 5.41) is 6.06. The second-order valence-electron chi connectivity index (χ2n) is 6.65. The van der Waals surface area contributed by atoms with Crippen LogP contribution in [0.1, 0.15) is 16.0 Å². The Kier molecular flexibility index (Phi) is 5.21. The molecule has 1 aliphatic rings. The molecule has 0 saturated heterocycles. The largest absolute Gasteiger partial charge is 0.350 e. The van der Waals surface area contributed by atoms with Gasteiger partial charge in [-0.3, -0.25) is 9.59 Å². The van der Waals surface area contributed by atoms with Gasteiger partial charge in [0.1, 0.15) is 5.70 Å². The molecule has 7 heteroatoms. The number of benzene rings is 2. The van der Waals surface area contributed by atoms with Gasteiger partial charge in [0.2, 0.25) is 0 Å². The number of hydrogen-bond acceptors (Lipinski definition) is 4. The number of hydrogen-bond donors (Lipinski definition) is 1. The van der Waals surface area contributed by atoms with E-state index in [0.717, 1.165) is 5.56 Å². The second kappa shape index (κ2) is 7.67. The quantitative estimate of drug-likeness (QED) is 0.498. The van der Waals surface area contributed by atoms with Crippen molar-refractivity contribution in [3.8, 4) is 0 Å². The first-order chi connectivity index (χ1) is 13.9. The molecule has 1 aromatic heterocycles. The number of imide groups is 1. The van der Waals surface area contributed by atoms with E-state index in [-0.39, 0.29) is 11.6 Å². The molecule has 4 rings (SSSR count). The zero-order valence-electron chi connectivity index (χ0n) is 15.6. The van der Waals surface area contributed by atoms with E-state index in [4.69, 9.17) is 23.2 Å². The molecule has 0 saturated carbocycles. The lowest BCUT2D eigenvalue weighted by molar-refractivity contribution is -0.120. The van der Waals surface area contributed by atoms with E-state index in [1.165, 1.54) is 16.2 Å². The average molecular weight is 443 g/mol. The van der Waals surface area contributed by atoms with Crippen molar-refractivity contribution in [2.75, 3.05) is 10.2 Å². The zero-order valence-corrected chi connectivity index (χ0v) is 18.0. The van der Waals surface area contributed by atoms with Crippen LogP contribution in [0.4, 0.5) is 11.4 Å². The van der Waals surface area contributed by atoms with E-state index < -0.39 is 5.91 Å². The molecular weight excluding hydrogens is 427 g/mol. The van der Waals surface area contributed by atoms with Crippen LogP contribution in [0.2, 0.25) is 10.0 Å². The van der Waals surface area contributed by atoms with Gasteiger partial charge >= 0.3 is 0 Å². The Bertz CT molecular complexity index is 1170. The molecule has 0 fully saturated rings. The molecule has 0 radical (unpaired) electrons. The van der Waals surface area contributed by atoms with Crippen molar-refractivity contribution in [1.82, 2.24) is 0 Å². The molecule has 2 heterocycles. The van der Waals surface area contributed by atoms with Crippen LogP contribution in [-0.4, -0.2) is 11.8 Å². The summed E-state index contributed by atoms with van der Waals surface area (Å²) >= 11 is 13.9. The molecule has 3 aromatic rings. The highest BCUT2D eigenvalue weighted by Crippen LogP contribution is 2.38. The maximum atomic E-state index is 13.4. The van der Waals surface area contributed by atoms with E-state index in [2.05, 4.69) is 5.32 Å². The minimum Gasteiger partial charge on any atom is -0.350 e. The number of amides is 2. The Morgan fingerprint density at radius 1 is 0.931 bits per heavy atom. The lowest BCUT2D eigenvalue weighted by Crippen LogP contribution is -2.33. The van der Waals surface area contributed by atoms with Crippen molar-refractivity contribution in [3.05, 3.63) is 85.7 Å². The predicted molar refractivity (Wildman–Crippen MR) is 120 cm³/mol. The summed E-state index contributed by atoms with van der Waals surface area (Å²) in [6.07, 6.45) is 0. The van der Waals surface area contributed by atoms with Gasteiger partial charge in [0, 0.05) is 20.6 Å². The number of nitrogens with zero attached hydrogens (tertiary/aromatic N) is 1. The van der Waals surface area contributed by atoms with E-state index in [1.54, 1.807) is 31.2 Å². The fraction of sp³-hybridized carbons (Fsp3) is 0.0909. The average Bonchev–Trinajstić information content (AvgIpc) is 3.28. The molecule has 0 unspecified atom stereocenters. The number of halogens is 2. The van der Waals surface area contributed by atoms with Crippen LogP contribution in [0.3, 0.4) is 0 Å². The van der Waals surface area contributed by atoms with Crippen molar-refractivity contribution in [2.24, 2.45) is 0 Å². The molecule has 1 N–H and O–H groups in total. The highest BCUT2D eigenvalue weighted by Gasteiger charge is 2.41. The van der Waals surface area contributed by atoms with E-state index in [9.17, 15) is 9.59 Å². The third-order valence-corrected chi connectivity index (χ3v) is 6.48. The van der Waals surface area contributed by atoms with Crippen LogP contribution in [0, 0.1) is 13.8 Å². The number of anilines is 2. The fourth-order valence-corrected chi connectivity index (χ4v) is 4.29. The van der Waals surface area contributed by atoms with Gasteiger partial charge in [-0.1, -0.05) is 41.4 Å². The number of nitrogens with one attached hydrogen (secondary N) is 1. The van der Waals surface area contributed by atoms with Crippen LogP contribution in [0.5, 0.6) is 0 Å². The summed E-state index contributed by atoms with van der Waals surface area (Å²) in [5.74, 6) is -0.816. The summed E-state index contributed by atoms with van der Waals surface area (Å²) in [7, 11) is 0. The number of thiophene rings is 1. The normalized spacial score (nSPS) is 14.1. The van der Waals surface area contributed by atoms with Crippen molar-refractivity contribution in [2.45, 2.75) is 13.8 Å². The van der Waals surface area contributed by atoms with Crippen molar-refractivity contribution < 1.29 is 9.59 Å². The number of carbonyl (C=O) groups is 2. The summed E-state index contributed by atoms with van der Waals surface area (Å²) < 4.78 is 0. The van der Waals surface area contributed by atoms with Crippen LogP contribution >= 0.6 is 34.5 Å². The molecule has 2 amide bonds. The Balaban J connectivity index is 1.83. The Labute approximate surface area is 182 Å². The van der Waals surface area contributed by atoms with Gasteiger partial charge in [0.15, 0.2) is 0 Å². The maximum Gasteiger partial charge on any atom is 0.282 e. The summed E-state index contributed by atoms with van der Waals surface area (Å²) in [6, 6.07) is 14.3. The molecular formula is C22H16Cl2N2O2S. The van der Waals surface area contributed by atoms with Gasteiger partial charge in [0.25, 0.3) is 11.8 Å². The van der Waals surface area contributed by atoms with E-state index in [0.29, 0.717) is 37.4 Å². The van der Waals surface area contributed by atoms with Crippen molar-refractivity contribution in [3.63, 3.8) is 0 Å². The summed E-state index contributed by atoms with van der Waals surface area (Å²) in [6.45, 7) is 3.69. The number of aryl methyl sites for hydroxylation is 1. The third kappa shape index (κ3) is 3.46. The first-order valence-electron chi connectivity index (χ1n) is 8.83. The van der Waals surface area contributed by atoms with Gasteiger partial charge in [-0.05, 0) is 60.7 Å². The number of rotatable bonds is 4.